The van der Waals surface area contributed by atoms with Crippen molar-refractivity contribution in [2.24, 2.45) is 0 Å². The first-order valence-corrected chi connectivity index (χ1v) is 8.72. The van der Waals surface area contributed by atoms with Crippen LogP contribution in [0.15, 0.2) is 48.5 Å². The van der Waals surface area contributed by atoms with Gasteiger partial charge in [-0.05, 0) is 30.7 Å². The van der Waals surface area contributed by atoms with E-state index in [2.05, 4.69) is 0 Å². The Bertz CT molecular complexity index is 883. The Morgan fingerprint density at radius 3 is 2.46 bits per heavy atom. The van der Waals surface area contributed by atoms with Crippen LogP contribution in [-0.2, 0) is 11.0 Å². The van der Waals surface area contributed by atoms with Gasteiger partial charge in [-0.3, -0.25) is 14.5 Å². The van der Waals surface area contributed by atoms with Gasteiger partial charge >= 0.3 is 6.18 Å². The predicted molar refractivity (Wildman–Crippen MR) is 97.1 cm³/mol. The summed E-state index contributed by atoms with van der Waals surface area (Å²) < 4.78 is 45.6. The highest BCUT2D eigenvalue weighted by atomic mass is 19.4. The Morgan fingerprint density at radius 1 is 1.14 bits per heavy atom. The van der Waals surface area contributed by atoms with Crippen molar-refractivity contribution in [2.75, 3.05) is 25.2 Å². The molecule has 0 saturated carbocycles. The molecule has 1 fully saturated rings. The minimum Gasteiger partial charge on any atom is -0.495 e. The fourth-order valence-electron chi connectivity index (χ4n) is 3.19. The van der Waals surface area contributed by atoms with E-state index < -0.39 is 23.2 Å². The smallest absolute Gasteiger partial charge is 0.417 e. The maximum absolute atomic E-state index is 13.4. The van der Waals surface area contributed by atoms with E-state index in [-0.39, 0.29) is 12.6 Å². The second-order valence-corrected chi connectivity index (χ2v) is 6.35. The number of carbonyl (C=O) groups is 2. The minimum absolute atomic E-state index is 0.142. The number of amides is 2. The lowest BCUT2D eigenvalue weighted by Gasteiger charge is -2.30. The first kappa shape index (κ1) is 19.7. The molecule has 28 heavy (non-hydrogen) atoms. The van der Waals surface area contributed by atoms with Crippen molar-refractivity contribution in [3.8, 4) is 5.75 Å². The summed E-state index contributed by atoms with van der Waals surface area (Å²) in [5.41, 5.74) is -1.20. The monoisotopic (exact) mass is 392 g/mol. The molecule has 1 saturated heterocycles. The Morgan fingerprint density at radius 2 is 1.82 bits per heavy atom. The molecule has 2 aromatic carbocycles. The van der Waals surface area contributed by atoms with Gasteiger partial charge in [-0.15, -0.1) is 0 Å². The van der Waals surface area contributed by atoms with Gasteiger partial charge in [0.15, 0.2) is 0 Å². The van der Waals surface area contributed by atoms with E-state index >= 15 is 0 Å². The van der Waals surface area contributed by atoms with Gasteiger partial charge in [-0.2, -0.15) is 13.2 Å². The predicted octanol–water partition coefficient (Wildman–Crippen LogP) is 3.94. The number of halogens is 3. The average molecular weight is 392 g/mol. The summed E-state index contributed by atoms with van der Waals surface area (Å²) >= 11 is 0. The highest BCUT2D eigenvalue weighted by Gasteiger charge is 2.37. The third-order valence-electron chi connectivity index (χ3n) is 4.57. The van der Waals surface area contributed by atoms with Gasteiger partial charge in [0, 0.05) is 13.0 Å². The number of likely N-dealkylation sites (tertiary alicyclic amines) is 1. The molecule has 3 rings (SSSR count). The molecule has 1 aliphatic heterocycles. The Kier molecular flexibility index (Phi) is 5.58. The number of alkyl halides is 3. The topological polar surface area (TPSA) is 49.9 Å². The molecule has 0 aromatic heterocycles. The summed E-state index contributed by atoms with van der Waals surface area (Å²) in [6.07, 6.45) is -3.68. The standard InChI is InChI=1S/C20H19F3N2O3/c1-28-17-10-5-4-9-16(17)25(13-24-12-6-11-18(24)26)19(27)14-7-2-3-8-15(14)20(21,22)23/h2-5,7-10H,6,11-13H2,1H3. The van der Waals surface area contributed by atoms with Gasteiger partial charge < -0.3 is 9.64 Å². The second kappa shape index (κ2) is 7.92. The molecule has 0 N–H and O–H groups in total. The van der Waals surface area contributed by atoms with Crippen molar-refractivity contribution < 1.29 is 27.5 Å². The van der Waals surface area contributed by atoms with Gasteiger partial charge in [0.05, 0.1) is 23.9 Å². The van der Waals surface area contributed by atoms with Crippen LogP contribution in [0.25, 0.3) is 0 Å². The van der Waals surface area contributed by atoms with Crippen molar-refractivity contribution in [1.29, 1.82) is 0 Å². The summed E-state index contributed by atoms with van der Waals surface area (Å²) in [7, 11) is 1.41. The van der Waals surface area contributed by atoms with Crippen LogP contribution in [0.5, 0.6) is 5.75 Å². The number of anilines is 1. The van der Waals surface area contributed by atoms with Gasteiger partial charge in [-0.25, -0.2) is 0 Å². The van der Waals surface area contributed by atoms with E-state index in [0.717, 1.165) is 17.0 Å². The molecule has 0 bridgehead atoms. The summed E-state index contributed by atoms with van der Waals surface area (Å²) in [5.74, 6) is -0.666. The minimum atomic E-state index is -4.68. The molecule has 0 aliphatic carbocycles. The lowest BCUT2D eigenvalue weighted by atomic mass is 10.1. The van der Waals surface area contributed by atoms with Crippen LogP contribution in [0.2, 0.25) is 0 Å². The van der Waals surface area contributed by atoms with Crippen LogP contribution < -0.4 is 9.64 Å². The van der Waals surface area contributed by atoms with E-state index in [0.29, 0.717) is 30.8 Å². The summed E-state index contributed by atoms with van der Waals surface area (Å²) in [5, 5.41) is 0. The maximum Gasteiger partial charge on any atom is 0.417 e. The fraction of sp³-hybridized carbons (Fsp3) is 0.300. The Hall–Kier alpha value is -3.03. The maximum atomic E-state index is 13.4. The van der Waals surface area contributed by atoms with E-state index in [1.54, 1.807) is 24.3 Å². The number of nitrogens with zero attached hydrogens (tertiary/aromatic N) is 2. The first-order valence-electron chi connectivity index (χ1n) is 8.72. The fourth-order valence-corrected chi connectivity index (χ4v) is 3.19. The molecular formula is C20H19F3N2O3. The van der Waals surface area contributed by atoms with Crippen LogP contribution in [0.1, 0.15) is 28.8 Å². The molecule has 1 aliphatic rings. The van der Waals surface area contributed by atoms with Crippen molar-refractivity contribution in [2.45, 2.75) is 19.0 Å². The van der Waals surface area contributed by atoms with E-state index in [4.69, 9.17) is 4.74 Å². The molecule has 1 heterocycles. The average Bonchev–Trinajstić information content (AvgIpc) is 3.09. The number of methoxy groups -OCH3 is 1. The Balaban J connectivity index is 2.07. The molecule has 5 nitrogen and oxygen atoms in total. The normalized spacial score (nSPS) is 14.3. The van der Waals surface area contributed by atoms with Crippen LogP contribution in [0.3, 0.4) is 0 Å². The number of rotatable bonds is 5. The highest BCUT2D eigenvalue weighted by molar-refractivity contribution is 6.08. The number of hydrogen-bond acceptors (Lipinski definition) is 3. The number of para-hydroxylation sites is 2. The van der Waals surface area contributed by atoms with Crippen LogP contribution in [-0.4, -0.2) is 37.0 Å². The van der Waals surface area contributed by atoms with Gasteiger partial charge in [0.2, 0.25) is 5.91 Å². The van der Waals surface area contributed by atoms with E-state index in [9.17, 15) is 22.8 Å². The SMILES string of the molecule is COc1ccccc1N(CN1CCCC1=O)C(=O)c1ccccc1C(F)(F)F. The van der Waals surface area contributed by atoms with Gasteiger partial charge in [0.25, 0.3) is 5.91 Å². The van der Waals surface area contributed by atoms with Crippen LogP contribution in [0.4, 0.5) is 18.9 Å². The molecule has 0 radical (unpaired) electrons. The van der Waals surface area contributed by atoms with Crippen molar-refractivity contribution in [3.63, 3.8) is 0 Å². The molecule has 8 heteroatoms. The van der Waals surface area contributed by atoms with Crippen LogP contribution >= 0.6 is 0 Å². The lowest BCUT2D eigenvalue weighted by molar-refractivity contribution is -0.138. The van der Waals surface area contributed by atoms with Crippen molar-refractivity contribution in [1.82, 2.24) is 4.90 Å². The Labute approximate surface area is 160 Å². The number of benzene rings is 2. The molecule has 2 amide bonds. The van der Waals surface area contributed by atoms with Crippen LogP contribution in [0, 0.1) is 0 Å². The number of hydrogen-bond donors (Lipinski definition) is 0. The quantitative estimate of drug-likeness (QED) is 0.775. The van der Waals surface area contributed by atoms with Gasteiger partial charge in [-0.1, -0.05) is 24.3 Å². The zero-order chi connectivity index (χ0) is 20.3. The molecule has 0 atom stereocenters. The largest absolute Gasteiger partial charge is 0.495 e. The van der Waals surface area contributed by atoms with Crippen molar-refractivity contribution >= 4 is 17.5 Å². The van der Waals surface area contributed by atoms with Crippen molar-refractivity contribution in [3.05, 3.63) is 59.7 Å². The lowest BCUT2D eigenvalue weighted by Crippen LogP contribution is -2.43. The van der Waals surface area contributed by atoms with Gasteiger partial charge in [0.1, 0.15) is 12.4 Å². The van der Waals surface area contributed by atoms with E-state index in [1.165, 1.54) is 24.1 Å². The molecule has 0 unspecified atom stereocenters. The molecule has 0 spiro atoms. The molecule has 2 aromatic rings. The zero-order valence-electron chi connectivity index (χ0n) is 15.2. The highest BCUT2D eigenvalue weighted by Crippen LogP contribution is 2.35. The van der Waals surface area contributed by atoms with E-state index in [1.807, 2.05) is 0 Å². The zero-order valence-corrected chi connectivity index (χ0v) is 15.2. The summed E-state index contributed by atoms with van der Waals surface area (Å²) in [6, 6.07) is 11.1. The number of carbonyl (C=O) groups excluding carboxylic acids is 2. The summed E-state index contributed by atoms with van der Waals surface area (Å²) in [6.45, 7) is 0.295. The third-order valence-corrected chi connectivity index (χ3v) is 4.57. The third kappa shape index (κ3) is 3.95. The second-order valence-electron chi connectivity index (χ2n) is 6.35. The molecule has 148 valence electrons. The molecular weight excluding hydrogens is 373 g/mol. The summed E-state index contributed by atoms with van der Waals surface area (Å²) in [4.78, 5) is 27.9. The number of ether oxygens (including phenoxy) is 1. The first-order chi connectivity index (χ1) is 13.3.